The smallest absolute Gasteiger partial charge is 0.414 e. The van der Waals surface area contributed by atoms with Crippen LogP contribution in [0.3, 0.4) is 0 Å². The number of carbonyl (C=O) groups is 1. The van der Waals surface area contributed by atoms with Crippen LogP contribution in [-0.2, 0) is 4.74 Å². The molecular weight excluding hydrogens is 240 g/mol. The molecule has 1 heterocycles. The third kappa shape index (κ3) is 2.37. The number of ether oxygens (including phenoxy) is 1. The average Bonchev–Trinajstić information content (AvgIpc) is 2.34. The zero-order valence-corrected chi connectivity index (χ0v) is 10.4. The van der Waals surface area contributed by atoms with Gasteiger partial charge in [-0.25, -0.2) is 4.79 Å². The second-order valence-corrected chi connectivity index (χ2v) is 4.58. The molecule has 1 aromatic rings. The number of hydrogen-bond acceptors (Lipinski definition) is 3. The van der Waals surface area contributed by atoms with Crippen LogP contribution in [0.25, 0.3) is 0 Å². The van der Waals surface area contributed by atoms with Gasteiger partial charge in [-0.05, 0) is 24.6 Å². The van der Waals surface area contributed by atoms with Crippen LogP contribution < -0.4 is 10.6 Å². The molecule has 5 heteroatoms. The molecule has 1 aromatic carbocycles. The van der Waals surface area contributed by atoms with E-state index >= 15 is 0 Å². The molecule has 4 nitrogen and oxygen atoms in total. The van der Waals surface area contributed by atoms with Crippen LogP contribution >= 0.6 is 11.6 Å². The number of rotatable bonds is 2. The molecule has 1 amide bonds. The summed E-state index contributed by atoms with van der Waals surface area (Å²) >= 11 is 6.05. The van der Waals surface area contributed by atoms with Crippen LogP contribution in [0.1, 0.15) is 5.56 Å². The van der Waals surface area contributed by atoms with Crippen molar-refractivity contribution < 1.29 is 9.53 Å². The molecule has 92 valence electrons. The molecular formula is C12H15ClN2O2. The lowest BCUT2D eigenvalue weighted by Gasteiger charge is -2.32. The maximum atomic E-state index is 11.7. The highest BCUT2D eigenvalue weighted by Crippen LogP contribution is 2.29. The van der Waals surface area contributed by atoms with Gasteiger partial charge < -0.3 is 10.5 Å². The van der Waals surface area contributed by atoms with E-state index in [4.69, 9.17) is 22.1 Å². The minimum absolute atomic E-state index is 0.172. The molecule has 1 fully saturated rings. The predicted molar refractivity (Wildman–Crippen MR) is 67.4 cm³/mol. The van der Waals surface area contributed by atoms with Crippen LogP contribution in [0, 0.1) is 12.8 Å². The molecule has 17 heavy (non-hydrogen) atoms. The van der Waals surface area contributed by atoms with Gasteiger partial charge in [0.05, 0.1) is 12.3 Å². The summed E-state index contributed by atoms with van der Waals surface area (Å²) < 4.78 is 5.11. The van der Waals surface area contributed by atoms with Crippen LogP contribution in [0.5, 0.6) is 0 Å². The molecule has 1 aliphatic heterocycles. The zero-order valence-electron chi connectivity index (χ0n) is 9.65. The monoisotopic (exact) mass is 254 g/mol. The number of carbonyl (C=O) groups excluding carboxylic acids is 1. The van der Waals surface area contributed by atoms with E-state index in [2.05, 4.69) is 0 Å². The fraction of sp³-hybridized carbons (Fsp3) is 0.417. The SMILES string of the molecule is Cc1c(Cl)cccc1N1CC(CN)COC1=O. The minimum atomic E-state index is -0.333. The van der Waals surface area contributed by atoms with Gasteiger partial charge in [-0.1, -0.05) is 17.7 Å². The highest BCUT2D eigenvalue weighted by atomic mass is 35.5. The molecule has 0 aromatic heterocycles. The van der Waals surface area contributed by atoms with E-state index in [1.165, 1.54) is 0 Å². The first-order chi connectivity index (χ1) is 8.13. The van der Waals surface area contributed by atoms with Gasteiger partial charge in [0.2, 0.25) is 0 Å². The van der Waals surface area contributed by atoms with Crippen molar-refractivity contribution in [3.63, 3.8) is 0 Å². The summed E-state index contributed by atoms with van der Waals surface area (Å²) in [5, 5.41) is 0.644. The summed E-state index contributed by atoms with van der Waals surface area (Å²) in [4.78, 5) is 13.3. The number of nitrogens with zero attached hydrogens (tertiary/aromatic N) is 1. The van der Waals surface area contributed by atoms with Crippen molar-refractivity contribution in [2.24, 2.45) is 11.7 Å². The number of benzene rings is 1. The molecule has 0 radical (unpaired) electrons. The predicted octanol–water partition coefficient (Wildman–Crippen LogP) is 2.18. The van der Waals surface area contributed by atoms with Crippen molar-refractivity contribution in [1.29, 1.82) is 0 Å². The summed E-state index contributed by atoms with van der Waals surface area (Å²) in [6.07, 6.45) is -0.333. The van der Waals surface area contributed by atoms with Gasteiger partial charge in [0.25, 0.3) is 0 Å². The van der Waals surface area contributed by atoms with Crippen molar-refractivity contribution in [1.82, 2.24) is 0 Å². The standard InChI is InChI=1S/C12H15ClN2O2/c1-8-10(13)3-2-4-11(8)15-6-9(5-14)7-17-12(15)16/h2-4,9H,5-7,14H2,1H3. The van der Waals surface area contributed by atoms with Gasteiger partial charge in [-0.15, -0.1) is 0 Å². The van der Waals surface area contributed by atoms with E-state index in [0.717, 1.165) is 11.3 Å². The Labute approximate surface area is 105 Å². The quantitative estimate of drug-likeness (QED) is 0.880. The number of hydrogen-bond donors (Lipinski definition) is 1. The topological polar surface area (TPSA) is 55.6 Å². The van der Waals surface area contributed by atoms with E-state index in [1.54, 1.807) is 11.0 Å². The van der Waals surface area contributed by atoms with E-state index in [0.29, 0.717) is 24.7 Å². The lowest BCUT2D eigenvalue weighted by molar-refractivity contribution is 0.117. The molecule has 1 aliphatic rings. The van der Waals surface area contributed by atoms with Crippen molar-refractivity contribution in [3.05, 3.63) is 28.8 Å². The van der Waals surface area contributed by atoms with E-state index in [-0.39, 0.29) is 12.0 Å². The minimum Gasteiger partial charge on any atom is -0.449 e. The van der Waals surface area contributed by atoms with Crippen molar-refractivity contribution >= 4 is 23.4 Å². The van der Waals surface area contributed by atoms with Crippen molar-refractivity contribution in [2.75, 3.05) is 24.6 Å². The maximum absolute atomic E-state index is 11.7. The Morgan fingerprint density at radius 3 is 3.06 bits per heavy atom. The molecule has 0 spiro atoms. The van der Waals surface area contributed by atoms with Gasteiger partial charge >= 0.3 is 6.09 Å². The Balaban J connectivity index is 2.31. The largest absolute Gasteiger partial charge is 0.449 e. The lowest BCUT2D eigenvalue weighted by Crippen LogP contribution is -2.45. The Bertz CT molecular complexity index is 437. The number of anilines is 1. The summed E-state index contributed by atoms with van der Waals surface area (Å²) in [7, 11) is 0. The first kappa shape index (κ1) is 12.2. The number of cyclic esters (lactones) is 1. The molecule has 1 saturated heterocycles. The Morgan fingerprint density at radius 2 is 2.35 bits per heavy atom. The second kappa shape index (κ2) is 4.94. The summed E-state index contributed by atoms with van der Waals surface area (Å²) in [6, 6.07) is 5.49. The number of halogens is 1. The van der Waals surface area contributed by atoms with Gasteiger partial charge in [-0.2, -0.15) is 0 Å². The van der Waals surface area contributed by atoms with Gasteiger partial charge in [0.15, 0.2) is 0 Å². The average molecular weight is 255 g/mol. The highest BCUT2D eigenvalue weighted by molar-refractivity contribution is 6.31. The highest BCUT2D eigenvalue weighted by Gasteiger charge is 2.28. The third-order valence-electron chi connectivity index (χ3n) is 2.97. The van der Waals surface area contributed by atoms with Crippen molar-refractivity contribution in [2.45, 2.75) is 6.92 Å². The van der Waals surface area contributed by atoms with Gasteiger partial charge in [-0.3, -0.25) is 4.90 Å². The zero-order chi connectivity index (χ0) is 12.4. The Kier molecular flexibility index (Phi) is 3.54. The summed E-state index contributed by atoms with van der Waals surface area (Å²) in [6.45, 7) is 3.36. The Morgan fingerprint density at radius 1 is 1.59 bits per heavy atom. The van der Waals surface area contributed by atoms with E-state index in [9.17, 15) is 4.79 Å². The molecule has 0 bridgehead atoms. The number of nitrogens with two attached hydrogens (primary N) is 1. The van der Waals surface area contributed by atoms with Crippen molar-refractivity contribution in [3.8, 4) is 0 Å². The fourth-order valence-electron chi connectivity index (χ4n) is 1.88. The molecule has 2 rings (SSSR count). The van der Waals surface area contributed by atoms with Crippen LogP contribution in [0.4, 0.5) is 10.5 Å². The lowest BCUT2D eigenvalue weighted by atomic mass is 10.1. The van der Waals surface area contributed by atoms with Gasteiger partial charge in [0.1, 0.15) is 0 Å². The van der Waals surface area contributed by atoms with Crippen LogP contribution in [0.15, 0.2) is 18.2 Å². The molecule has 0 aliphatic carbocycles. The molecule has 2 N–H and O–H groups in total. The Hall–Kier alpha value is -1.26. The summed E-state index contributed by atoms with van der Waals surface area (Å²) in [5.74, 6) is 0.172. The molecule has 1 unspecified atom stereocenters. The summed E-state index contributed by atoms with van der Waals surface area (Å²) in [5.41, 5.74) is 7.28. The molecule has 0 saturated carbocycles. The van der Waals surface area contributed by atoms with E-state index < -0.39 is 0 Å². The number of amides is 1. The first-order valence-electron chi connectivity index (χ1n) is 5.53. The van der Waals surface area contributed by atoms with Gasteiger partial charge in [0, 0.05) is 24.0 Å². The van der Waals surface area contributed by atoms with E-state index in [1.807, 2.05) is 19.1 Å². The second-order valence-electron chi connectivity index (χ2n) is 4.17. The normalized spacial score (nSPS) is 20.3. The first-order valence-corrected chi connectivity index (χ1v) is 5.90. The molecule has 1 atom stereocenters. The van der Waals surface area contributed by atoms with Crippen LogP contribution in [0.2, 0.25) is 5.02 Å². The maximum Gasteiger partial charge on any atom is 0.414 e. The third-order valence-corrected chi connectivity index (χ3v) is 3.38. The van der Waals surface area contributed by atoms with Crippen LogP contribution in [-0.4, -0.2) is 25.8 Å². The fourth-order valence-corrected chi connectivity index (χ4v) is 2.05.